The summed E-state index contributed by atoms with van der Waals surface area (Å²) in [5.41, 5.74) is 3.81. The molecule has 2 aromatic carbocycles. The molecule has 3 nitrogen and oxygen atoms in total. The molecule has 7 heteroatoms. The van der Waals surface area contributed by atoms with Gasteiger partial charge in [-0.15, -0.1) is 11.3 Å². The molecule has 0 fully saturated rings. The molecule has 26 heavy (non-hydrogen) atoms. The number of allylic oxidation sites excluding steroid dienone is 1. The normalized spacial score (nSPS) is 11.3. The van der Waals surface area contributed by atoms with Gasteiger partial charge in [0.1, 0.15) is 16.6 Å². The number of nitrogens with zero attached hydrogens (tertiary/aromatic N) is 2. The Morgan fingerprint density at radius 2 is 1.92 bits per heavy atom. The SMILES string of the molecule is Cc1ccc(N/C=C(\C#N)c2nc(-c3ccc(Cl)c(Cl)c3)cs2)cc1Cl. The number of thiazole rings is 1. The van der Waals surface area contributed by atoms with Crippen molar-refractivity contribution in [3.8, 4) is 17.3 Å². The topological polar surface area (TPSA) is 48.7 Å². The third-order valence-electron chi connectivity index (χ3n) is 3.63. The van der Waals surface area contributed by atoms with Crippen molar-refractivity contribution < 1.29 is 0 Å². The molecular formula is C19H12Cl3N3S. The molecular weight excluding hydrogens is 409 g/mol. The third kappa shape index (κ3) is 4.20. The Morgan fingerprint density at radius 3 is 2.62 bits per heavy atom. The molecule has 1 N–H and O–H groups in total. The van der Waals surface area contributed by atoms with Gasteiger partial charge in [-0.05, 0) is 36.8 Å². The minimum absolute atomic E-state index is 0.429. The van der Waals surface area contributed by atoms with Crippen molar-refractivity contribution in [1.82, 2.24) is 4.98 Å². The Hall–Kier alpha value is -2.03. The van der Waals surface area contributed by atoms with Gasteiger partial charge in [-0.2, -0.15) is 5.26 Å². The van der Waals surface area contributed by atoms with Crippen LogP contribution < -0.4 is 5.32 Å². The lowest BCUT2D eigenvalue weighted by Gasteiger charge is -2.04. The lowest BCUT2D eigenvalue weighted by atomic mass is 10.2. The third-order valence-corrected chi connectivity index (χ3v) is 5.65. The van der Waals surface area contributed by atoms with Crippen LogP contribution in [0.1, 0.15) is 10.6 Å². The van der Waals surface area contributed by atoms with E-state index in [4.69, 9.17) is 34.8 Å². The molecule has 1 aromatic heterocycles. The molecule has 1 heterocycles. The number of benzene rings is 2. The fourth-order valence-electron chi connectivity index (χ4n) is 2.17. The highest BCUT2D eigenvalue weighted by atomic mass is 35.5. The van der Waals surface area contributed by atoms with E-state index in [2.05, 4.69) is 16.4 Å². The first kappa shape index (κ1) is 18.8. The highest BCUT2D eigenvalue weighted by Crippen LogP contribution is 2.31. The molecule has 3 aromatic rings. The van der Waals surface area contributed by atoms with E-state index in [9.17, 15) is 5.26 Å². The zero-order valence-corrected chi connectivity index (χ0v) is 16.6. The van der Waals surface area contributed by atoms with Crippen LogP contribution in [-0.2, 0) is 0 Å². The van der Waals surface area contributed by atoms with Gasteiger partial charge in [0.2, 0.25) is 0 Å². The van der Waals surface area contributed by atoms with E-state index in [1.54, 1.807) is 18.3 Å². The number of nitriles is 1. The first-order valence-electron chi connectivity index (χ1n) is 7.52. The molecule has 130 valence electrons. The van der Waals surface area contributed by atoms with Crippen molar-refractivity contribution in [2.75, 3.05) is 5.32 Å². The lowest BCUT2D eigenvalue weighted by molar-refractivity contribution is 1.36. The summed E-state index contributed by atoms with van der Waals surface area (Å²) in [6, 6.07) is 13.1. The molecule has 0 unspecified atom stereocenters. The molecule has 3 rings (SSSR count). The summed E-state index contributed by atoms with van der Waals surface area (Å²) in [5, 5.41) is 16.7. The van der Waals surface area contributed by atoms with E-state index in [0.717, 1.165) is 22.5 Å². The van der Waals surface area contributed by atoms with Gasteiger partial charge < -0.3 is 5.32 Å². The van der Waals surface area contributed by atoms with Crippen molar-refractivity contribution in [3.05, 3.63) is 73.6 Å². The van der Waals surface area contributed by atoms with Gasteiger partial charge >= 0.3 is 0 Å². The number of anilines is 1. The number of aryl methyl sites for hydroxylation is 1. The van der Waals surface area contributed by atoms with Crippen molar-refractivity contribution >= 4 is 57.4 Å². The van der Waals surface area contributed by atoms with Crippen LogP contribution in [0.25, 0.3) is 16.8 Å². The number of nitrogens with one attached hydrogen (secondary N) is 1. The highest BCUT2D eigenvalue weighted by molar-refractivity contribution is 7.11. The summed E-state index contributed by atoms with van der Waals surface area (Å²) >= 11 is 19.5. The van der Waals surface area contributed by atoms with E-state index in [1.165, 1.54) is 11.3 Å². The second-order valence-corrected chi connectivity index (χ2v) is 7.52. The molecule has 0 spiro atoms. The summed E-state index contributed by atoms with van der Waals surface area (Å²) in [5.74, 6) is 0. The Morgan fingerprint density at radius 1 is 1.12 bits per heavy atom. The molecule has 0 aliphatic rings. The second kappa shape index (κ2) is 8.11. The summed E-state index contributed by atoms with van der Waals surface area (Å²) in [4.78, 5) is 4.53. The van der Waals surface area contributed by atoms with Crippen LogP contribution in [0.5, 0.6) is 0 Å². The van der Waals surface area contributed by atoms with Gasteiger partial charge in [-0.3, -0.25) is 0 Å². The maximum atomic E-state index is 9.46. The van der Waals surface area contributed by atoms with Crippen LogP contribution in [0.2, 0.25) is 15.1 Å². The Kier molecular flexibility index (Phi) is 5.85. The maximum Gasteiger partial charge on any atom is 0.136 e. The monoisotopic (exact) mass is 419 g/mol. The summed E-state index contributed by atoms with van der Waals surface area (Å²) in [6.45, 7) is 1.93. The maximum absolute atomic E-state index is 9.46. The van der Waals surface area contributed by atoms with E-state index >= 15 is 0 Å². The standard InChI is InChI=1S/C19H12Cl3N3S/c1-11-2-4-14(7-16(11)21)24-9-13(8-23)19-25-18(10-26-19)12-3-5-15(20)17(22)6-12/h2-7,9-10,24H,1H3/b13-9+. The van der Waals surface area contributed by atoms with E-state index in [1.807, 2.05) is 36.6 Å². The predicted molar refractivity (Wildman–Crippen MR) is 111 cm³/mol. The molecule has 0 saturated heterocycles. The average Bonchev–Trinajstić information content (AvgIpc) is 3.11. The fourth-order valence-corrected chi connectivity index (χ4v) is 3.44. The van der Waals surface area contributed by atoms with E-state index in [0.29, 0.717) is 25.6 Å². The molecule has 0 saturated carbocycles. The van der Waals surface area contributed by atoms with Crippen LogP contribution in [0.4, 0.5) is 5.69 Å². The van der Waals surface area contributed by atoms with Crippen molar-refractivity contribution in [3.63, 3.8) is 0 Å². The first-order valence-corrected chi connectivity index (χ1v) is 9.53. The zero-order valence-electron chi connectivity index (χ0n) is 13.6. The smallest absolute Gasteiger partial charge is 0.136 e. The van der Waals surface area contributed by atoms with Gasteiger partial charge in [0.05, 0.1) is 15.7 Å². The van der Waals surface area contributed by atoms with Gasteiger partial charge in [-0.1, -0.05) is 46.9 Å². The van der Waals surface area contributed by atoms with E-state index in [-0.39, 0.29) is 0 Å². The molecule has 0 aliphatic carbocycles. The minimum Gasteiger partial charge on any atom is -0.360 e. The predicted octanol–water partition coefficient (Wildman–Crippen LogP) is 7.06. The lowest BCUT2D eigenvalue weighted by Crippen LogP contribution is -1.91. The van der Waals surface area contributed by atoms with Crippen LogP contribution in [0, 0.1) is 18.3 Å². The Bertz CT molecular complexity index is 1030. The van der Waals surface area contributed by atoms with Gasteiger partial charge in [0.15, 0.2) is 0 Å². The summed E-state index contributed by atoms with van der Waals surface area (Å²) < 4.78 is 0. The van der Waals surface area contributed by atoms with Crippen molar-refractivity contribution in [2.45, 2.75) is 6.92 Å². The number of hydrogen-bond acceptors (Lipinski definition) is 4. The van der Waals surface area contributed by atoms with Gasteiger partial charge in [-0.25, -0.2) is 4.98 Å². The largest absolute Gasteiger partial charge is 0.360 e. The number of hydrogen-bond donors (Lipinski definition) is 1. The summed E-state index contributed by atoms with van der Waals surface area (Å²) in [7, 11) is 0. The van der Waals surface area contributed by atoms with Crippen LogP contribution in [0.15, 0.2) is 48.0 Å². The molecule has 0 atom stereocenters. The van der Waals surface area contributed by atoms with E-state index < -0.39 is 0 Å². The quantitative estimate of drug-likeness (QED) is 0.460. The molecule has 0 amide bonds. The number of halogens is 3. The fraction of sp³-hybridized carbons (Fsp3) is 0.0526. The van der Waals surface area contributed by atoms with Crippen LogP contribution in [-0.4, -0.2) is 4.98 Å². The van der Waals surface area contributed by atoms with Crippen LogP contribution in [0.3, 0.4) is 0 Å². The Labute approximate surface area is 170 Å². The summed E-state index contributed by atoms with van der Waals surface area (Å²) in [6.07, 6.45) is 1.62. The van der Waals surface area contributed by atoms with Gasteiger partial charge in [0.25, 0.3) is 0 Å². The molecule has 0 radical (unpaired) electrons. The van der Waals surface area contributed by atoms with Gasteiger partial charge in [0, 0.05) is 27.9 Å². The average molecular weight is 421 g/mol. The number of aromatic nitrogens is 1. The Balaban J connectivity index is 1.84. The highest BCUT2D eigenvalue weighted by Gasteiger charge is 2.10. The number of rotatable bonds is 4. The minimum atomic E-state index is 0.429. The second-order valence-electron chi connectivity index (χ2n) is 5.44. The van der Waals surface area contributed by atoms with Crippen molar-refractivity contribution in [2.24, 2.45) is 0 Å². The molecule has 0 aliphatic heterocycles. The first-order chi connectivity index (χ1) is 12.5. The zero-order chi connectivity index (χ0) is 18.7. The van der Waals surface area contributed by atoms with Crippen LogP contribution >= 0.6 is 46.1 Å². The molecule has 0 bridgehead atoms. The van der Waals surface area contributed by atoms with Crippen molar-refractivity contribution in [1.29, 1.82) is 5.26 Å².